The molecule has 2 aromatic rings. The summed E-state index contributed by atoms with van der Waals surface area (Å²) in [6, 6.07) is 1.56. The highest BCUT2D eigenvalue weighted by Crippen LogP contribution is 2.41. The number of rotatable bonds is 5. The van der Waals surface area contributed by atoms with Crippen LogP contribution < -0.4 is 10.6 Å². The number of carbonyl (C=O) groups excluding carboxylic acids is 3. The molecule has 5 rings (SSSR count). The van der Waals surface area contributed by atoms with Crippen LogP contribution in [0.1, 0.15) is 32.7 Å². The Morgan fingerprint density at radius 2 is 2.15 bits per heavy atom. The number of nitrogens with one attached hydrogen (secondary N) is 2. The second kappa shape index (κ2) is 6.60. The Balaban J connectivity index is 1.31. The van der Waals surface area contributed by atoms with Crippen LogP contribution in [0.15, 0.2) is 33.8 Å². The van der Waals surface area contributed by atoms with E-state index in [0.29, 0.717) is 17.7 Å². The molecule has 0 radical (unpaired) electrons. The van der Waals surface area contributed by atoms with Gasteiger partial charge in [0.15, 0.2) is 0 Å². The van der Waals surface area contributed by atoms with Gasteiger partial charge in [-0.2, -0.15) is 11.3 Å². The average Bonchev–Trinajstić information content (AvgIpc) is 3.39. The van der Waals surface area contributed by atoms with Crippen LogP contribution in [0, 0.1) is 12.8 Å². The molecular formula is C18H19N3O4S. The molecule has 3 aliphatic rings. The largest absolute Gasteiger partial charge is 0.472 e. The first-order chi connectivity index (χ1) is 12.5. The van der Waals surface area contributed by atoms with E-state index < -0.39 is 0 Å². The minimum atomic E-state index is -0.337. The van der Waals surface area contributed by atoms with Crippen molar-refractivity contribution >= 4 is 29.1 Å². The summed E-state index contributed by atoms with van der Waals surface area (Å²) in [4.78, 5) is 38.5. The first-order valence-electron chi connectivity index (χ1n) is 8.48. The molecule has 8 heteroatoms. The fourth-order valence-electron chi connectivity index (χ4n) is 3.70. The van der Waals surface area contributed by atoms with Crippen LogP contribution >= 0.6 is 11.3 Å². The first kappa shape index (κ1) is 16.8. The number of amides is 3. The minimum absolute atomic E-state index is 0.00433. The van der Waals surface area contributed by atoms with Gasteiger partial charge in [0.1, 0.15) is 6.26 Å². The van der Waals surface area contributed by atoms with Crippen molar-refractivity contribution in [1.29, 1.82) is 0 Å². The van der Waals surface area contributed by atoms with Gasteiger partial charge in [-0.05, 0) is 30.4 Å². The summed E-state index contributed by atoms with van der Waals surface area (Å²) < 4.78 is 4.86. The van der Waals surface area contributed by atoms with E-state index in [-0.39, 0.29) is 42.3 Å². The second-order valence-electron chi connectivity index (χ2n) is 6.77. The number of hydrogen-bond donors (Lipinski definition) is 2. The van der Waals surface area contributed by atoms with Crippen molar-refractivity contribution in [2.75, 3.05) is 13.1 Å². The molecule has 0 spiro atoms. The van der Waals surface area contributed by atoms with Crippen LogP contribution in [0.2, 0.25) is 0 Å². The van der Waals surface area contributed by atoms with E-state index in [9.17, 15) is 14.4 Å². The number of aryl methyl sites for hydroxylation is 1. The van der Waals surface area contributed by atoms with E-state index >= 15 is 0 Å². The minimum Gasteiger partial charge on any atom is -0.472 e. The maximum absolute atomic E-state index is 12.4. The summed E-state index contributed by atoms with van der Waals surface area (Å²) in [6.07, 6.45) is 3.65. The van der Waals surface area contributed by atoms with E-state index in [1.165, 1.54) is 23.9 Å². The van der Waals surface area contributed by atoms with Gasteiger partial charge in [-0.25, -0.2) is 0 Å². The molecule has 3 amide bonds. The van der Waals surface area contributed by atoms with Crippen LogP contribution in [-0.2, 0) is 4.79 Å². The Bertz CT molecular complexity index is 845. The fourth-order valence-corrected chi connectivity index (χ4v) is 4.52. The van der Waals surface area contributed by atoms with Gasteiger partial charge in [0, 0.05) is 17.8 Å². The zero-order valence-corrected chi connectivity index (χ0v) is 15.0. The molecule has 2 aromatic heterocycles. The van der Waals surface area contributed by atoms with Gasteiger partial charge in [-0.3, -0.25) is 14.4 Å². The van der Waals surface area contributed by atoms with E-state index in [4.69, 9.17) is 4.42 Å². The smallest absolute Gasteiger partial charge is 0.254 e. The highest BCUT2D eigenvalue weighted by atomic mass is 32.1. The number of thiophene rings is 1. The van der Waals surface area contributed by atoms with E-state index in [2.05, 4.69) is 10.6 Å². The topological polar surface area (TPSA) is 91.7 Å². The third-order valence-electron chi connectivity index (χ3n) is 5.20. The molecule has 3 atom stereocenters. The number of furan rings is 1. The van der Waals surface area contributed by atoms with E-state index in [1.54, 1.807) is 11.0 Å². The van der Waals surface area contributed by atoms with Crippen LogP contribution in [0.4, 0.5) is 0 Å². The Hall–Kier alpha value is -2.61. The van der Waals surface area contributed by atoms with E-state index in [1.807, 2.05) is 17.7 Å². The van der Waals surface area contributed by atoms with Crippen LogP contribution in [0.5, 0.6) is 0 Å². The highest BCUT2D eigenvalue weighted by Gasteiger charge is 2.54. The zero-order valence-electron chi connectivity index (χ0n) is 14.2. The zero-order chi connectivity index (χ0) is 18.3. The Morgan fingerprint density at radius 1 is 1.31 bits per heavy atom. The standard InChI is InChI=1S/C18H19N3O4S/c1-10-8-26-9-13(10)18(24)20-16-12-4-14(16)21(6-12)15(22)5-19-17(23)11-2-3-25-7-11/h2-3,7-9,12,14,16H,4-6H2,1H3,(H,19,23)(H,20,24). The van der Waals surface area contributed by atoms with Crippen molar-refractivity contribution in [3.8, 4) is 0 Å². The lowest BCUT2D eigenvalue weighted by atomic mass is 9.80. The summed E-state index contributed by atoms with van der Waals surface area (Å²) in [7, 11) is 0. The molecule has 1 aliphatic carbocycles. The maximum Gasteiger partial charge on any atom is 0.254 e. The van der Waals surface area contributed by atoms with Crippen molar-refractivity contribution in [2.24, 2.45) is 5.92 Å². The summed E-state index contributed by atoms with van der Waals surface area (Å²) >= 11 is 1.51. The van der Waals surface area contributed by atoms with Gasteiger partial charge in [0.2, 0.25) is 5.91 Å². The van der Waals surface area contributed by atoms with Crippen molar-refractivity contribution in [2.45, 2.75) is 25.4 Å². The van der Waals surface area contributed by atoms with Crippen LogP contribution in [0.3, 0.4) is 0 Å². The maximum atomic E-state index is 12.4. The monoisotopic (exact) mass is 373 g/mol. The predicted molar refractivity (Wildman–Crippen MR) is 95.0 cm³/mol. The molecule has 2 N–H and O–H groups in total. The van der Waals surface area contributed by atoms with Gasteiger partial charge >= 0.3 is 0 Å². The Kier molecular flexibility index (Phi) is 4.28. The van der Waals surface area contributed by atoms with Gasteiger partial charge in [0.25, 0.3) is 11.8 Å². The molecule has 7 nitrogen and oxygen atoms in total. The number of carbonyl (C=O) groups is 3. The van der Waals surface area contributed by atoms with Crippen LogP contribution in [0.25, 0.3) is 0 Å². The number of hydrogen-bond acceptors (Lipinski definition) is 5. The van der Waals surface area contributed by atoms with Gasteiger partial charge in [0.05, 0.1) is 36.0 Å². The molecule has 136 valence electrons. The molecule has 0 aromatic carbocycles. The third-order valence-corrected chi connectivity index (χ3v) is 6.06. The summed E-state index contributed by atoms with van der Waals surface area (Å²) in [6.45, 7) is 2.48. The molecule has 2 bridgehead atoms. The molecule has 3 unspecified atom stereocenters. The molecule has 3 fully saturated rings. The quantitative estimate of drug-likeness (QED) is 0.829. The fraction of sp³-hybridized carbons (Fsp3) is 0.389. The lowest BCUT2D eigenvalue weighted by molar-refractivity contribution is -0.130. The predicted octanol–water partition coefficient (Wildman–Crippen LogP) is 1.41. The average molecular weight is 373 g/mol. The summed E-state index contributed by atoms with van der Waals surface area (Å²) in [5.74, 6) is -0.253. The first-order valence-corrected chi connectivity index (χ1v) is 9.42. The molecular weight excluding hydrogens is 354 g/mol. The van der Waals surface area contributed by atoms with Crippen molar-refractivity contribution in [3.63, 3.8) is 0 Å². The number of nitrogens with zero attached hydrogens (tertiary/aromatic N) is 1. The summed E-state index contributed by atoms with van der Waals surface area (Å²) in [5, 5.41) is 9.47. The van der Waals surface area contributed by atoms with E-state index in [0.717, 1.165) is 12.0 Å². The Labute approximate surface area is 154 Å². The third kappa shape index (κ3) is 2.90. The van der Waals surface area contributed by atoms with Crippen molar-refractivity contribution in [3.05, 3.63) is 46.0 Å². The second-order valence-corrected chi connectivity index (χ2v) is 7.52. The lowest BCUT2D eigenvalue weighted by Crippen LogP contribution is -2.56. The highest BCUT2D eigenvalue weighted by molar-refractivity contribution is 7.08. The molecule has 1 saturated carbocycles. The van der Waals surface area contributed by atoms with Crippen molar-refractivity contribution in [1.82, 2.24) is 15.5 Å². The molecule has 2 aliphatic heterocycles. The summed E-state index contributed by atoms with van der Waals surface area (Å²) in [5.41, 5.74) is 2.06. The van der Waals surface area contributed by atoms with Crippen LogP contribution in [-0.4, -0.2) is 47.8 Å². The molecule has 26 heavy (non-hydrogen) atoms. The molecule has 4 heterocycles. The lowest BCUT2D eigenvalue weighted by Gasteiger charge is -2.37. The van der Waals surface area contributed by atoms with Gasteiger partial charge in [-0.1, -0.05) is 0 Å². The molecule has 2 saturated heterocycles. The van der Waals surface area contributed by atoms with Gasteiger partial charge < -0.3 is 20.0 Å². The number of fused-ring (bicyclic) bond motifs is 1. The normalized spacial score (nSPS) is 23.4. The SMILES string of the molecule is Cc1cscc1C(=O)NC1C2CC1N(C(=O)CNC(=O)c1ccoc1)C2. The van der Waals surface area contributed by atoms with Gasteiger partial charge in [-0.15, -0.1) is 0 Å². The van der Waals surface area contributed by atoms with Crippen molar-refractivity contribution < 1.29 is 18.8 Å². The Morgan fingerprint density at radius 3 is 2.85 bits per heavy atom.